The van der Waals surface area contributed by atoms with Gasteiger partial charge in [-0.15, -0.1) is 0 Å². The highest BCUT2D eigenvalue weighted by atomic mass is 32.2. The van der Waals surface area contributed by atoms with Gasteiger partial charge >= 0.3 is 0 Å². The summed E-state index contributed by atoms with van der Waals surface area (Å²) in [5.74, 6) is 0.451. The summed E-state index contributed by atoms with van der Waals surface area (Å²) < 4.78 is 19.7. The predicted molar refractivity (Wildman–Crippen MR) is 36.3 cm³/mol. The molecule has 0 heterocycles. The summed E-state index contributed by atoms with van der Waals surface area (Å²) in [6, 6.07) is 0. The summed E-state index contributed by atoms with van der Waals surface area (Å²) in [5.41, 5.74) is 2.54. The summed E-state index contributed by atoms with van der Waals surface area (Å²) in [6.07, 6.45) is 0. The second-order valence-corrected chi connectivity index (χ2v) is 2.88. The van der Waals surface area contributed by atoms with E-state index in [0.29, 0.717) is 12.5 Å². The quantitative estimate of drug-likeness (QED) is 0.367. The minimum Gasteiger partial charge on any atom is -0.244 e. The molecular weight excluding hydrogens is 140 g/mol. The molecule has 0 radical (unpaired) electrons. The van der Waals surface area contributed by atoms with E-state index in [0.717, 1.165) is 0 Å². The molecule has 9 heavy (non-hydrogen) atoms. The van der Waals surface area contributed by atoms with Crippen LogP contribution in [0.25, 0.3) is 0 Å². The zero-order valence-electron chi connectivity index (χ0n) is 5.55. The van der Waals surface area contributed by atoms with Crippen LogP contribution < -0.4 is 10.3 Å². The van der Waals surface area contributed by atoms with Gasteiger partial charge in [0.2, 0.25) is 10.9 Å². The Labute approximate surface area is 56.7 Å². The van der Waals surface area contributed by atoms with Crippen molar-refractivity contribution in [3.05, 3.63) is 0 Å². The van der Waals surface area contributed by atoms with Gasteiger partial charge in [0.15, 0.2) is 0 Å². The Kier molecular flexibility index (Phi) is 4.65. The van der Waals surface area contributed by atoms with E-state index in [2.05, 4.69) is 10.3 Å². The Morgan fingerprint density at radius 3 is 2.33 bits per heavy atom. The van der Waals surface area contributed by atoms with E-state index in [1.807, 2.05) is 13.8 Å². The maximum atomic E-state index is 9.84. The van der Waals surface area contributed by atoms with Crippen LogP contribution in [0.4, 0.5) is 0 Å². The van der Waals surface area contributed by atoms with Crippen molar-refractivity contribution in [1.82, 2.24) is 10.3 Å². The van der Waals surface area contributed by atoms with E-state index in [4.69, 9.17) is 0 Å². The van der Waals surface area contributed by atoms with Gasteiger partial charge in [-0.05, 0) is 5.92 Å². The highest BCUT2D eigenvalue weighted by molar-refractivity contribution is 7.70. The maximum Gasteiger partial charge on any atom is 0.214 e. The summed E-state index contributed by atoms with van der Waals surface area (Å²) >= 11 is 0. The topological polar surface area (TPSA) is 58.2 Å². The number of nitrogens with one attached hydrogen (secondary N) is 2. The number of hydrazine groups is 1. The van der Waals surface area contributed by atoms with Gasteiger partial charge in [0.05, 0.1) is 0 Å². The fraction of sp³-hybridized carbons (Fsp3) is 1.00. The van der Waals surface area contributed by atoms with Gasteiger partial charge in [0, 0.05) is 6.54 Å². The van der Waals surface area contributed by atoms with Crippen molar-refractivity contribution in [2.24, 2.45) is 5.92 Å². The second-order valence-electron chi connectivity index (χ2n) is 2.14. The minimum absolute atomic E-state index is 0.451. The number of hydrogen-bond donors (Lipinski definition) is 3. The first-order valence-electron chi connectivity index (χ1n) is 2.76. The lowest BCUT2D eigenvalue weighted by molar-refractivity contribution is 0.522. The molecule has 0 atom stereocenters. The molecule has 0 aliphatic carbocycles. The third-order valence-corrected chi connectivity index (χ3v) is 1.02. The molecule has 0 rings (SSSR count). The molecule has 0 aromatic rings. The van der Waals surface area contributed by atoms with Crippen molar-refractivity contribution in [2.75, 3.05) is 6.54 Å². The molecule has 0 unspecified atom stereocenters. The highest BCUT2D eigenvalue weighted by Crippen LogP contribution is 1.84. The molecule has 2 N–H and O–H groups in total. The van der Waals surface area contributed by atoms with Crippen molar-refractivity contribution in [1.29, 1.82) is 0 Å². The third-order valence-electron chi connectivity index (χ3n) is 0.681. The molecule has 0 aromatic heterocycles. The molecule has 56 valence electrons. The van der Waals surface area contributed by atoms with Gasteiger partial charge < -0.3 is 0 Å². The molecule has 0 saturated heterocycles. The fourth-order valence-corrected chi connectivity index (χ4v) is 0.535. The van der Waals surface area contributed by atoms with Crippen molar-refractivity contribution in [2.45, 2.75) is 13.8 Å². The molecular formula is C4H12N2O2S. The van der Waals surface area contributed by atoms with Gasteiger partial charge in [0.25, 0.3) is 0 Å². The van der Waals surface area contributed by atoms with Crippen LogP contribution in [0.3, 0.4) is 0 Å². The first kappa shape index (κ1) is 8.87. The standard InChI is InChI=1S/C4H12N2O2S/c1-4(2)3-5-6-9(7)8/h4-5,9H,3H2,1-2H3,(H,6,7,8). The molecule has 0 aliphatic rings. The van der Waals surface area contributed by atoms with Crippen molar-refractivity contribution in [3.63, 3.8) is 0 Å². The largest absolute Gasteiger partial charge is 0.244 e. The second kappa shape index (κ2) is 4.72. The van der Waals surface area contributed by atoms with E-state index in [-0.39, 0.29) is 0 Å². The maximum absolute atomic E-state index is 9.84. The van der Waals surface area contributed by atoms with Crippen molar-refractivity contribution >= 4 is 10.9 Å². The summed E-state index contributed by atoms with van der Waals surface area (Å²) in [7, 11) is -2.49. The Balaban J connectivity index is 3.10. The molecule has 0 aromatic carbocycles. The lowest BCUT2D eigenvalue weighted by atomic mass is 10.2. The zero-order chi connectivity index (χ0) is 7.28. The Hall–Kier alpha value is -0.130. The van der Waals surface area contributed by atoms with Crippen LogP contribution in [0.2, 0.25) is 0 Å². The lowest BCUT2D eigenvalue weighted by Gasteiger charge is -2.02. The molecule has 0 fully saturated rings. The van der Waals surface area contributed by atoms with E-state index in [1.54, 1.807) is 0 Å². The van der Waals surface area contributed by atoms with E-state index < -0.39 is 10.9 Å². The average Bonchev–Trinajstić information content (AvgIpc) is 1.63. The van der Waals surface area contributed by atoms with E-state index in [1.165, 1.54) is 0 Å². The Morgan fingerprint density at radius 2 is 2.00 bits per heavy atom. The molecule has 0 saturated carbocycles. The van der Waals surface area contributed by atoms with E-state index >= 15 is 0 Å². The van der Waals surface area contributed by atoms with Crippen LogP contribution >= 0.6 is 0 Å². The summed E-state index contributed by atoms with van der Waals surface area (Å²) in [6.45, 7) is 4.64. The van der Waals surface area contributed by atoms with Crippen molar-refractivity contribution < 1.29 is 8.42 Å². The number of thiol groups is 1. The monoisotopic (exact) mass is 152 g/mol. The predicted octanol–water partition coefficient (Wildman–Crippen LogP) is -0.737. The SMILES string of the molecule is CC(C)CNN[SH](=O)=O. The molecule has 0 aliphatic heterocycles. The third kappa shape index (κ3) is 7.87. The molecule has 0 spiro atoms. The van der Waals surface area contributed by atoms with Gasteiger partial charge in [-0.3, -0.25) is 0 Å². The smallest absolute Gasteiger partial charge is 0.214 e. The lowest BCUT2D eigenvalue weighted by Crippen LogP contribution is -2.33. The highest BCUT2D eigenvalue weighted by Gasteiger charge is 1.89. The van der Waals surface area contributed by atoms with Crippen LogP contribution in [0.5, 0.6) is 0 Å². The summed E-state index contributed by atoms with van der Waals surface area (Å²) in [5, 5.41) is 0. The first-order chi connectivity index (χ1) is 4.13. The van der Waals surface area contributed by atoms with Gasteiger partial charge in [0.1, 0.15) is 0 Å². The first-order valence-corrected chi connectivity index (χ1v) is 3.93. The van der Waals surface area contributed by atoms with Crippen LogP contribution in [-0.2, 0) is 10.9 Å². The average molecular weight is 152 g/mol. The van der Waals surface area contributed by atoms with Crippen LogP contribution in [0.1, 0.15) is 13.8 Å². The van der Waals surface area contributed by atoms with Crippen LogP contribution in [0, 0.1) is 5.92 Å². The normalized spacial score (nSPS) is 11.1. The zero-order valence-corrected chi connectivity index (χ0v) is 6.44. The summed E-state index contributed by atoms with van der Waals surface area (Å²) in [4.78, 5) is 2.08. The molecule has 0 bridgehead atoms. The molecule has 4 nitrogen and oxygen atoms in total. The fourth-order valence-electron chi connectivity index (χ4n) is 0.314. The molecule has 5 heteroatoms. The Bertz CT molecular complexity index is 125. The number of rotatable bonds is 4. The molecule has 0 amide bonds. The van der Waals surface area contributed by atoms with Crippen LogP contribution in [0.15, 0.2) is 0 Å². The van der Waals surface area contributed by atoms with Crippen molar-refractivity contribution in [3.8, 4) is 0 Å². The van der Waals surface area contributed by atoms with Gasteiger partial charge in [-0.25, -0.2) is 13.8 Å². The van der Waals surface area contributed by atoms with E-state index in [9.17, 15) is 8.42 Å². The number of hydrogen-bond acceptors (Lipinski definition) is 3. The van der Waals surface area contributed by atoms with Gasteiger partial charge in [-0.2, -0.15) is 4.83 Å². The van der Waals surface area contributed by atoms with Gasteiger partial charge in [-0.1, -0.05) is 13.8 Å². The Morgan fingerprint density at radius 1 is 1.44 bits per heavy atom. The van der Waals surface area contributed by atoms with Crippen LogP contribution in [-0.4, -0.2) is 15.0 Å². The minimum atomic E-state index is -2.49.